The fourth-order valence-electron chi connectivity index (χ4n) is 1.17. The van der Waals surface area contributed by atoms with Gasteiger partial charge in [-0.05, 0) is 25.7 Å². The maximum absolute atomic E-state index is 10.2. The summed E-state index contributed by atoms with van der Waals surface area (Å²) in [5.41, 5.74) is 0. The van der Waals surface area contributed by atoms with Crippen LogP contribution in [0.15, 0.2) is 0 Å². The first kappa shape index (κ1) is 12.4. The molecular formula is C10H20O3. The zero-order valence-corrected chi connectivity index (χ0v) is 8.58. The largest absolute Gasteiger partial charge is 0.481 e. The molecule has 3 nitrogen and oxygen atoms in total. The molecule has 0 amide bonds. The predicted octanol–water partition coefficient (Wildman–Crippen LogP) is 2.45. The van der Waals surface area contributed by atoms with E-state index in [4.69, 9.17) is 9.84 Å². The smallest absolute Gasteiger partial charge is 0.303 e. The van der Waals surface area contributed by atoms with Gasteiger partial charge in [-0.25, -0.2) is 0 Å². The molecule has 0 spiro atoms. The maximum atomic E-state index is 10.2. The van der Waals surface area contributed by atoms with Crippen LogP contribution in [-0.2, 0) is 9.53 Å². The molecule has 0 heterocycles. The third-order valence-corrected chi connectivity index (χ3v) is 1.93. The van der Waals surface area contributed by atoms with Crippen LogP contribution in [0, 0.1) is 0 Å². The van der Waals surface area contributed by atoms with Crippen molar-refractivity contribution in [1.29, 1.82) is 0 Å². The first-order chi connectivity index (χ1) is 6.20. The molecule has 0 aliphatic heterocycles. The van der Waals surface area contributed by atoms with Crippen LogP contribution in [0.2, 0.25) is 0 Å². The van der Waals surface area contributed by atoms with E-state index in [1.807, 2.05) is 0 Å². The number of aliphatic carboxylic acids is 1. The van der Waals surface area contributed by atoms with Gasteiger partial charge in [-0.3, -0.25) is 4.79 Å². The van der Waals surface area contributed by atoms with E-state index in [2.05, 4.69) is 13.8 Å². The Morgan fingerprint density at radius 1 is 1.46 bits per heavy atom. The Kier molecular flexibility index (Phi) is 7.69. The average Bonchev–Trinajstić information content (AvgIpc) is 2.10. The van der Waals surface area contributed by atoms with Gasteiger partial charge < -0.3 is 9.84 Å². The fourth-order valence-corrected chi connectivity index (χ4v) is 1.17. The molecular weight excluding hydrogens is 168 g/mol. The minimum Gasteiger partial charge on any atom is -0.481 e. The summed E-state index contributed by atoms with van der Waals surface area (Å²) in [5.74, 6) is -0.717. The van der Waals surface area contributed by atoms with Crippen molar-refractivity contribution in [3.63, 3.8) is 0 Å². The van der Waals surface area contributed by atoms with Gasteiger partial charge in [0.15, 0.2) is 0 Å². The number of carboxylic acid groups (broad SMARTS) is 1. The van der Waals surface area contributed by atoms with Gasteiger partial charge >= 0.3 is 5.97 Å². The van der Waals surface area contributed by atoms with Gasteiger partial charge in [0.1, 0.15) is 0 Å². The second kappa shape index (κ2) is 8.05. The quantitative estimate of drug-likeness (QED) is 0.636. The van der Waals surface area contributed by atoms with Gasteiger partial charge in [0.25, 0.3) is 0 Å². The highest BCUT2D eigenvalue weighted by Gasteiger charge is 2.06. The summed E-state index contributed by atoms with van der Waals surface area (Å²) < 4.78 is 5.53. The molecule has 0 aliphatic carbocycles. The molecule has 78 valence electrons. The van der Waals surface area contributed by atoms with Crippen molar-refractivity contribution in [3.8, 4) is 0 Å². The maximum Gasteiger partial charge on any atom is 0.303 e. The lowest BCUT2D eigenvalue weighted by atomic mass is 10.1. The highest BCUT2D eigenvalue weighted by Crippen LogP contribution is 2.08. The Hall–Kier alpha value is -0.570. The van der Waals surface area contributed by atoms with Gasteiger partial charge in [0.05, 0.1) is 6.10 Å². The minimum atomic E-state index is -0.717. The Morgan fingerprint density at radius 3 is 2.62 bits per heavy atom. The molecule has 0 saturated carbocycles. The molecule has 0 aromatic carbocycles. The van der Waals surface area contributed by atoms with Crippen LogP contribution in [-0.4, -0.2) is 23.8 Å². The molecule has 1 unspecified atom stereocenters. The molecule has 0 fully saturated rings. The summed E-state index contributed by atoms with van der Waals surface area (Å²) in [7, 11) is 0. The zero-order valence-electron chi connectivity index (χ0n) is 8.58. The van der Waals surface area contributed by atoms with Crippen molar-refractivity contribution in [2.24, 2.45) is 0 Å². The van der Waals surface area contributed by atoms with Crippen LogP contribution in [0.5, 0.6) is 0 Å². The average molecular weight is 188 g/mol. The summed E-state index contributed by atoms with van der Waals surface area (Å²) in [5, 5.41) is 8.43. The second-order valence-electron chi connectivity index (χ2n) is 3.19. The molecule has 0 saturated heterocycles. The third-order valence-electron chi connectivity index (χ3n) is 1.93. The van der Waals surface area contributed by atoms with Crippen LogP contribution in [0.3, 0.4) is 0 Å². The molecule has 1 N–H and O–H groups in total. The summed E-state index contributed by atoms with van der Waals surface area (Å²) in [6, 6.07) is 0. The first-order valence-corrected chi connectivity index (χ1v) is 5.04. The Morgan fingerprint density at radius 2 is 2.15 bits per heavy atom. The van der Waals surface area contributed by atoms with Crippen LogP contribution in [0.4, 0.5) is 0 Å². The molecule has 3 heteroatoms. The van der Waals surface area contributed by atoms with Gasteiger partial charge in [-0.1, -0.05) is 13.8 Å². The summed E-state index contributed by atoms with van der Waals surface area (Å²) >= 11 is 0. The lowest BCUT2D eigenvalue weighted by molar-refractivity contribution is -0.137. The van der Waals surface area contributed by atoms with Gasteiger partial charge in [-0.15, -0.1) is 0 Å². The molecule has 0 rings (SSSR count). The van der Waals surface area contributed by atoms with E-state index >= 15 is 0 Å². The number of rotatable bonds is 8. The monoisotopic (exact) mass is 188 g/mol. The molecule has 1 atom stereocenters. The SMILES string of the molecule is CCCOC(CC)CCCC(=O)O. The van der Waals surface area contributed by atoms with Crippen molar-refractivity contribution in [2.75, 3.05) is 6.61 Å². The topological polar surface area (TPSA) is 46.5 Å². The van der Waals surface area contributed by atoms with E-state index in [9.17, 15) is 4.79 Å². The molecule has 0 radical (unpaired) electrons. The van der Waals surface area contributed by atoms with E-state index in [0.717, 1.165) is 32.3 Å². The molecule has 0 aliphatic rings. The number of carboxylic acids is 1. The van der Waals surface area contributed by atoms with Gasteiger partial charge in [0, 0.05) is 13.0 Å². The normalized spacial score (nSPS) is 12.8. The number of carbonyl (C=O) groups is 1. The third kappa shape index (κ3) is 7.78. The number of hydrogen-bond acceptors (Lipinski definition) is 2. The van der Waals surface area contributed by atoms with E-state index in [1.54, 1.807) is 0 Å². The van der Waals surface area contributed by atoms with E-state index < -0.39 is 5.97 Å². The van der Waals surface area contributed by atoms with Crippen LogP contribution < -0.4 is 0 Å². The Balaban J connectivity index is 3.41. The fraction of sp³-hybridized carbons (Fsp3) is 0.900. The van der Waals surface area contributed by atoms with Crippen molar-refractivity contribution in [3.05, 3.63) is 0 Å². The molecule has 0 aromatic rings. The van der Waals surface area contributed by atoms with Crippen molar-refractivity contribution in [1.82, 2.24) is 0 Å². The summed E-state index contributed by atoms with van der Waals surface area (Å²) in [6.07, 6.45) is 4.08. The van der Waals surface area contributed by atoms with Gasteiger partial charge in [0.2, 0.25) is 0 Å². The molecule has 0 aromatic heterocycles. The van der Waals surface area contributed by atoms with Gasteiger partial charge in [-0.2, -0.15) is 0 Å². The van der Waals surface area contributed by atoms with Crippen molar-refractivity contribution < 1.29 is 14.6 Å². The van der Waals surface area contributed by atoms with Crippen LogP contribution in [0.25, 0.3) is 0 Å². The van der Waals surface area contributed by atoms with E-state index in [0.29, 0.717) is 0 Å². The zero-order chi connectivity index (χ0) is 10.1. The first-order valence-electron chi connectivity index (χ1n) is 5.04. The second-order valence-corrected chi connectivity index (χ2v) is 3.19. The Bertz CT molecular complexity index is 134. The summed E-state index contributed by atoms with van der Waals surface area (Å²) in [6.45, 7) is 4.93. The van der Waals surface area contributed by atoms with E-state index in [-0.39, 0.29) is 12.5 Å². The summed E-state index contributed by atoms with van der Waals surface area (Å²) in [4.78, 5) is 10.2. The minimum absolute atomic E-state index is 0.249. The Labute approximate surface area is 80.1 Å². The lowest BCUT2D eigenvalue weighted by Crippen LogP contribution is -2.12. The molecule has 13 heavy (non-hydrogen) atoms. The predicted molar refractivity (Wildman–Crippen MR) is 51.8 cm³/mol. The van der Waals surface area contributed by atoms with Crippen molar-refractivity contribution >= 4 is 5.97 Å². The molecule has 0 bridgehead atoms. The lowest BCUT2D eigenvalue weighted by Gasteiger charge is -2.14. The highest BCUT2D eigenvalue weighted by molar-refractivity contribution is 5.66. The van der Waals surface area contributed by atoms with E-state index in [1.165, 1.54) is 0 Å². The highest BCUT2D eigenvalue weighted by atomic mass is 16.5. The van der Waals surface area contributed by atoms with Crippen LogP contribution >= 0.6 is 0 Å². The van der Waals surface area contributed by atoms with Crippen LogP contribution in [0.1, 0.15) is 46.0 Å². The number of hydrogen-bond donors (Lipinski definition) is 1. The number of ether oxygens (including phenoxy) is 1. The standard InChI is InChI=1S/C10H20O3/c1-3-8-13-9(4-2)6-5-7-10(11)12/h9H,3-8H2,1-2H3,(H,11,12). The van der Waals surface area contributed by atoms with Crippen molar-refractivity contribution in [2.45, 2.75) is 52.1 Å².